The lowest BCUT2D eigenvalue weighted by Gasteiger charge is -2.20. The molecular weight excluding hydrogens is 518 g/mol. The van der Waals surface area contributed by atoms with Gasteiger partial charge in [0.1, 0.15) is 23.5 Å². The van der Waals surface area contributed by atoms with Crippen LogP contribution in [0, 0.1) is 17.0 Å². The Kier molecular flexibility index (Phi) is 8.88. The van der Waals surface area contributed by atoms with Gasteiger partial charge < -0.3 is 25.6 Å². The summed E-state index contributed by atoms with van der Waals surface area (Å²) in [6.07, 6.45) is 2.87. The van der Waals surface area contributed by atoms with Crippen molar-refractivity contribution in [3.63, 3.8) is 0 Å². The van der Waals surface area contributed by atoms with Crippen LogP contribution in [0.4, 0.5) is 14.5 Å². The highest BCUT2D eigenvalue weighted by atomic mass is 19.1. The number of nitrogens with one attached hydrogen (secondary N) is 3. The highest BCUT2D eigenvalue weighted by Crippen LogP contribution is 2.35. The molecule has 0 aliphatic carbocycles. The maximum absolute atomic E-state index is 15.2. The SMILES string of the molecule is CC(=O)O.COc1cc(F)c([C@H](Nc2ccc(C(=N)N)c(F)c2)c2nn(-c3ncccn3)c(=O)[nH]2)cc1OC. The smallest absolute Gasteiger partial charge is 0.350 e. The molecule has 2 aromatic carbocycles. The van der Waals surface area contributed by atoms with E-state index in [2.05, 4.69) is 25.4 Å². The van der Waals surface area contributed by atoms with E-state index in [0.717, 1.165) is 23.7 Å². The third kappa shape index (κ3) is 6.71. The number of aromatic amines is 1. The average molecular weight is 543 g/mol. The second-order valence-electron chi connectivity index (χ2n) is 7.71. The number of nitrogens with zero attached hydrogens (tertiary/aromatic N) is 4. The van der Waals surface area contributed by atoms with Crippen LogP contribution < -0.4 is 26.2 Å². The number of benzene rings is 2. The zero-order chi connectivity index (χ0) is 28.7. The third-order valence-electron chi connectivity index (χ3n) is 5.03. The van der Waals surface area contributed by atoms with E-state index in [9.17, 15) is 9.18 Å². The molecule has 0 aliphatic heterocycles. The Morgan fingerprint density at radius 2 is 1.74 bits per heavy atom. The van der Waals surface area contributed by atoms with Gasteiger partial charge in [-0.3, -0.25) is 15.2 Å². The maximum Gasteiger partial charge on any atom is 0.350 e. The highest BCUT2D eigenvalue weighted by Gasteiger charge is 2.26. The van der Waals surface area contributed by atoms with Crippen LogP contribution in [0.2, 0.25) is 0 Å². The molecule has 2 heterocycles. The van der Waals surface area contributed by atoms with E-state index in [-0.39, 0.29) is 40.1 Å². The first-order valence-corrected chi connectivity index (χ1v) is 11.0. The first-order chi connectivity index (χ1) is 18.5. The normalized spacial score (nSPS) is 11.1. The molecule has 204 valence electrons. The molecule has 39 heavy (non-hydrogen) atoms. The fourth-order valence-corrected chi connectivity index (χ4v) is 3.38. The summed E-state index contributed by atoms with van der Waals surface area (Å²) >= 11 is 0. The summed E-state index contributed by atoms with van der Waals surface area (Å²) in [4.78, 5) is 32.2. The van der Waals surface area contributed by atoms with Crippen molar-refractivity contribution < 1.29 is 28.2 Å². The van der Waals surface area contributed by atoms with Gasteiger partial charge in [0.05, 0.1) is 19.8 Å². The van der Waals surface area contributed by atoms with Crippen LogP contribution in [0.15, 0.2) is 53.6 Å². The number of ether oxygens (including phenoxy) is 2. The topological polar surface area (TPSA) is 194 Å². The van der Waals surface area contributed by atoms with Crippen molar-refractivity contribution in [1.82, 2.24) is 24.7 Å². The van der Waals surface area contributed by atoms with Gasteiger partial charge in [0.2, 0.25) is 0 Å². The number of carboxylic acid groups (broad SMARTS) is 1. The molecule has 6 N–H and O–H groups in total. The highest BCUT2D eigenvalue weighted by molar-refractivity contribution is 5.95. The van der Waals surface area contributed by atoms with Crippen LogP contribution in [-0.4, -0.2) is 55.9 Å². The Balaban J connectivity index is 0.000000983. The lowest BCUT2D eigenvalue weighted by atomic mass is 10.0. The second kappa shape index (κ2) is 12.3. The third-order valence-corrected chi connectivity index (χ3v) is 5.03. The molecule has 0 saturated carbocycles. The summed E-state index contributed by atoms with van der Waals surface area (Å²) in [6.45, 7) is 1.08. The molecule has 0 saturated heterocycles. The van der Waals surface area contributed by atoms with Gasteiger partial charge in [-0.15, -0.1) is 9.78 Å². The van der Waals surface area contributed by atoms with E-state index in [1.165, 1.54) is 44.8 Å². The molecule has 2 aromatic heterocycles. The van der Waals surface area contributed by atoms with Gasteiger partial charge in [0, 0.05) is 36.6 Å². The number of H-pyrrole nitrogens is 1. The number of nitrogens with two attached hydrogens (primary N) is 1. The van der Waals surface area contributed by atoms with E-state index in [1.807, 2.05) is 0 Å². The summed E-state index contributed by atoms with van der Waals surface area (Å²) in [5.74, 6) is -2.36. The van der Waals surface area contributed by atoms with Gasteiger partial charge in [0.15, 0.2) is 17.3 Å². The Hall–Kier alpha value is -5.34. The summed E-state index contributed by atoms with van der Waals surface area (Å²) in [7, 11) is 2.76. The zero-order valence-corrected chi connectivity index (χ0v) is 20.9. The molecule has 15 heteroatoms. The number of aliphatic carboxylic acids is 1. The van der Waals surface area contributed by atoms with Gasteiger partial charge in [-0.25, -0.2) is 23.5 Å². The number of nitrogen functional groups attached to an aromatic ring is 1. The molecule has 0 fully saturated rings. The van der Waals surface area contributed by atoms with Gasteiger partial charge in [-0.1, -0.05) is 0 Å². The molecule has 4 aromatic rings. The van der Waals surface area contributed by atoms with Crippen molar-refractivity contribution in [2.24, 2.45) is 5.73 Å². The number of amidine groups is 1. The number of halogens is 2. The van der Waals surface area contributed by atoms with Crippen LogP contribution in [0.25, 0.3) is 5.95 Å². The fraction of sp³-hybridized carbons (Fsp3) is 0.167. The van der Waals surface area contributed by atoms with Crippen LogP contribution in [0.5, 0.6) is 11.5 Å². The molecular formula is C24H24F2N8O5. The maximum atomic E-state index is 15.2. The van der Waals surface area contributed by atoms with Crippen molar-refractivity contribution in [3.05, 3.63) is 87.9 Å². The quantitative estimate of drug-likeness (QED) is 0.163. The van der Waals surface area contributed by atoms with Crippen LogP contribution in [-0.2, 0) is 4.79 Å². The predicted molar refractivity (Wildman–Crippen MR) is 135 cm³/mol. The van der Waals surface area contributed by atoms with Gasteiger partial charge >= 0.3 is 5.69 Å². The van der Waals surface area contributed by atoms with Crippen LogP contribution in [0.3, 0.4) is 0 Å². The number of methoxy groups -OCH3 is 2. The van der Waals surface area contributed by atoms with Crippen LogP contribution in [0.1, 0.15) is 29.9 Å². The first kappa shape index (κ1) is 28.2. The Bertz CT molecular complexity index is 1540. The van der Waals surface area contributed by atoms with E-state index in [1.54, 1.807) is 6.07 Å². The number of carbonyl (C=O) groups is 1. The van der Waals surface area contributed by atoms with Crippen molar-refractivity contribution in [2.75, 3.05) is 19.5 Å². The van der Waals surface area contributed by atoms with Crippen molar-refractivity contribution >= 4 is 17.5 Å². The minimum atomic E-state index is -1.12. The molecule has 0 radical (unpaired) electrons. The standard InChI is InChI=1S/C22H20F2N8O3.C2H4O2/c1-34-16-9-13(15(24)10-17(16)35-2)18(29-11-4-5-12(19(25)26)14(23)8-11)20-30-22(33)32(31-20)21-27-6-3-7-28-21;1-2(3)4/h3-10,18,29H,1-2H3,(H3,25,26)(H,30,31,33);1H3,(H,3,4)/t18-;/m0./s1. The monoisotopic (exact) mass is 542 g/mol. The Morgan fingerprint density at radius 3 is 2.31 bits per heavy atom. The average Bonchev–Trinajstić information content (AvgIpc) is 3.28. The molecule has 1 atom stereocenters. The zero-order valence-electron chi connectivity index (χ0n) is 20.9. The summed E-state index contributed by atoms with van der Waals surface area (Å²) in [5, 5.41) is 22.1. The fourth-order valence-electron chi connectivity index (χ4n) is 3.38. The summed E-state index contributed by atoms with van der Waals surface area (Å²) in [5.41, 5.74) is 4.85. The number of rotatable bonds is 8. The van der Waals surface area contributed by atoms with E-state index < -0.39 is 35.2 Å². The molecule has 0 amide bonds. The van der Waals surface area contributed by atoms with E-state index >= 15 is 4.39 Å². The van der Waals surface area contributed by atoms with Gasteiger partial charge in [0.25, 0.3) is 11.9 Å². The van der Waals surface area contributed by atoms with Gasteiger partial charge in [-0.05, 0) is 30.3 Å². The Labute approximate surface area is 219 Å². The molecule has 0 bridgehead atoms. The molecule has 0 aliphatic rings. The van der Waals surface area contributed by atoms with Crippen molar-refractivity contribution in [3.8, 4) is 17.4 Å². The summed E-state index contributed by atoms with van der Waals surface area (Å²) in [6, 6.07) is 6.82. The second-order valence-corrected chi connectivity index (χ2v) is 7.71. The van der Waals surface area contributed by atoms with Gasteiger partial charge in [-0.2, -0.15) is 0 Å². The minimum Gasteiger partial charge on any atom is -0.493 e. The largest absolute Gasteiger partial charge is 0.493 e. The number of anilines is 1. The number of carboxylic acids is 1. The number of hydrogen-bond donors (Lipinski definition) is 5. The molecule has 13 nitrogen and oxygen atoms in total. The molecule has 0 spiro atoms. The number of aromatic nitrogens is 5. The summed E-state index contributed by atoms with van der Waals surface area (Å²) < 4.78 is 41.1. The molecule has 4 rings (SSSR count). The van der Waals surface area contributed by atoms with E-state index in [4.69, 9.17) is 30.5 Å². The first-order valence-electron chi connectivity index (χ1n) is 11.0. The molecule has 0 unspecified atom stereocenters. The van der Waals surface area contributed by atoms with Crippen molar-refractivity contribution in [2.45, 2.75) is 13.0 Å². The van der Waals surface area contributed by atoms with E-state index in [0.29, 0.717) is 0 Å². The lowest BCUT2D eigenvalue weighted by Crippen LogP contribution is -2.18. The predicted octanol–water partition coefficient (Wildman–Crippen LogP) is 2.22. The van der Waals surface area contributed by atoms with Crippen LogP contribution >= 0.6 is 0 Å². The Morgan fingerprint density at radius 1 is 1.13 bits per heavy atom. The van der Waals surface area contributed by atoms with Crippen molar-refractivity contribution in [1.29, 1.82) is 5.41 Å². The lowest BCUT2D eigenvalue weighted by molar-refractivity contribution is -0.134. The minimum absolute atomic E-state index is 0.00314. The number of hydrogen-bond acceptors (Lipinski definition) is 9.